The molecule has 0 radical (unpaired) electrons. The van der Waals surface area contributed by atoms with E-state index in [1.54, 1.807) is 24.3 Å². The summed E-state index contributed by atoms with van der Waals surface area (Å²) in [5.41, 5.74) is 6.41. The normalized spacial score (nSPS) is 17.4. The van der Waals surface area contributed by atoms with Gasteiger partial charge in [0.15, 0.2) is 0 Å². The first-order valence-corrected chi connectivity index (χ1v) is 6.37. The molecule has 4 N–H and O–H groups in total. The third-order valence-electron chi connectivity index (χ3n) is 3.24. The Morgan fingerprint density at radius 2 is 1.95 bits per heavy atom. The van der Waals surface area contributed by atoms with Crippen LogP contribution in [-0.2, 0) is 4.79 Å². The topological polar surface area (TPSA) is 101 Å². The average molecular weight is 291 g/mol. The highest BCUT2D eigenvalue weighted by molar-refractivity contribution is 6.30. The van der Waals surface area contributed by atoms with Gasteiger partial charge in [0.05, 0.1) is 5.56 Å². The summed E-state index contributed by atoms with van der Waals surface area (Å²) in [6, 6.07) is 7.04. The van der Waals surface area contributed by atoms with Gasteiger partial charge in [0.25, 0.3) is 5.56 Å². The summed E-state index contributed by atoms with van der Waals surface area (Å²) in [5.74, 6) is -0.351. The Labute approximate surface area is 119 Å². The Kier molecular flexibility index (Phi) is 2.94. The van der Waals surface area contributed by atoms with Crippen LogP contribution >= 0.6 is 11.6 Å². The summed E-state index contributed by atoms with van der Waals surface area (Å²) in [5, 5.41) is 3.17. The van der Waals surface area contributed by atoms with Gasteiger partial charge in [-0.3, -0.25) is 14.6 Å². The number of anilines is 2. The molecule has 0 saturated carbocycles. The van der Waals surface area contributed by atoms with E-state index in [1.165, 1.54) is 0 Å². The Hall–Kier alpha value is -2.34. The number of hydrogen-bond donors (Lipinski definition) is 3. The zero-order chi connectivity index (χ0) is 14.3. The summed E-state index contributed by atoms with van der Waals surface area (Å²) in [4.78, 5) is 30.3. The molecule has 1 aromatic heterocycles. The number of carbonyl (C=O) groups excluding carboxylic acids is 1. The molecule has 1 amide bonds. The van der Waals surface area contributed by atoms with Crippen LogP contribution < -0.4 is 16.6 Å². The summed E-state index contributed by atoms with van der Waals surface area (Å²) in [6.45, 7) is 0. The first-order chi connectivity index (χ1) is 9.54. The lowest BCUT2D eigenvalue weighted by Gasteiger charge is -2.24. The van der Waals surface area contributed by atoms with Crippen LogP contribution in [-0.4, -0.2) is 15.9 Å². The fraction of sp³-hybridized carbons (Fsp3) is 0.154. The van der Waals surface area contributed by atoms with E-state index >= 15 is 0 Å². The van der Waals surface area contributed by atoms with Crippen molar-refractivity contribution in [2.45, 2.75) is 12.3 Å². The predicted molar refractivity (Wildman–Crippen MR) is 75.8 cm³/mol. The predicted octanol–water partition coefficient (Wildman–Crippen LogP) is 1.48. The number of benzene rings is 1. The Balaban J connectivity index is 2.17. The van der Waals surface area contributed by atoms with E-state index < -0.39 is 0 Å². The minimum atomic E-state index is -0.354. The number of amides is 1. The molecule has 1 aromatic carbocycles. The highest BCUT2D eigenvalue weighted by Crippen LogP contribution is 2.34. The second kappa shape index (κ2) is 4.64. The van der Waals surface area contributed by atoms with Crippen LogP contribution in [0.15, 0.2) is 29.1 Å². The zero-order valence-corrected chi connectivity index (χ0v) is 11.1. The van der Waals surface area contributed by atoms with Crippen molar-refractivity contribution in [1.29, 1.82) is 0 Å². The van der Waals surface area contributed by atoms with Crippen molar-refractivity contribution >= 4 is 29.3 Å². The molecule has 2 aromatic rings. The molecule has 0 bridgehead atoms. The number of hydrogen-bond acceptors (Lipinski definition) is 4. The van der Waals surface area contributed by atoms with Crippen LogP contribution in [0.4, 0.5) is 11.8 Å². The van der Waals surface area contributed by atoms with Gasteiger partial charge in [-0.25, -0.2) is 0 Å². The minimum Gasteiger partial charge on any atom is -0.369 e. The number of halogens is 1. The van der Waals surface area contributed by atoms with Crippen LogP contribution in [0.1, 0.15) is 23.5 Å². The largest absolute Gasteiger partial charge is 0.369 e. The third kappa shape index (κ3) is 2.14. The number of aromatic nitrogens is 2. The quantitative estimate of drug-likeness (QED) is 0.740. The van der Waals surface area contributed by atoms with Crippen LogP contribution in [0.25, 0.3) is 0 Å². The van der Waals surface area contributed by atoms with Crippen molar-refractivity contribution in [3.05, 3.63) is 50.8 Å². The number of rotatable bonds is 1. The van der Waals surface area contributed by atoms with E-state index in [0.29, 0.717) is 10.6 Å². The lowest BCUT2D eigenvalue weighted by Crippen LogP contribution is -2.31. The number of H-pyrrole nitrogens is 1. The van der Waals surface area contributed by atoms with Gasteiger partial charge in [0.1, 0.15) is 5.82 Å². The number of nitrogens with zero attached hydrogens (tertiary/aromatic N) is 1. The van der Waals surface area contributed by atoms with Crippen LogP contribution in [0.2, 0.25) is 5.02 Å². The molecule has 0 aliphatic carbocycles. The molecule has 102 valence electrons. The zero-order valence-electron chi connectivity index (χ0n) is 10.3. The molecule has 20 heavy (non-hydrogen) atoms. The Morgan fingerprint density at radius 3 is 2.65 bits per heavy atom. The molecular formula is C13H11ClN4O2. The van der Waals surface area contributed by atoms with E-state index in [-0.39, 0.29) is 35.6 Å². The molecule has 7 heteroatoms. The first kappa shape index (κ1) is 12.7. The molecule has 6 nitrogen and oxygen atoms in total. The standard InChI is InChI=1S/C13H11ClN4O2/c14-7-3-1-6(2-4-7)8-5-9(19)16-11-10(8)12(20)18-13(15)17-11/h1-4,8H,5H2,(H4,15,16,17,18,19,20)/t8-/m0/s1. The number of nitrogens with one attached hydrogen (secondary N) is 2. The van der Waals surface area contributed by atoms with Crippen molar-refractivity contribution in [2.24, 2.45) is 0 Å². The van der Waals surface area contributed by atoms with E-state index in [2.05, 4.69) is 15.3 Å². The number of carbonyl (C=O) groups is 1. The highest BCUT2D eigenvalue weighted by atomic mass is 35.5. The summed E-state index contributed by atoms with van der Waals surface area (Å²) in [7, 11) is 0. The number of aromatic amines is 1. The second-order valence-corrected chi connectivity index (χ2v) is 5.01. The summed E-state index contributed by atoms with van der Waals surface area (Å²) in [6.07, 6.45) is 0.184. The molecule has 1 aliphatic heterocycles. The van der Waals surface area contributed by atoms with Crippen LogP contribution in [0, 0.1) is 0 Å². The summed E-state index contributed by atoms with van der Waals surface area (Å²) >= 11 is 5.86. The van der Waals surface area contributed by atoms with Gasteiger partial charge < -0.3 is 11.1 Å². The van der Waals surface area contributed by atoms with Gasteiger partial charge in [-0.15, -0.1) is 0 Å². The average Bonchev–Trinajstić information content (AvgIpc) is 2.37. The lowest BCUT2D eigenvalue weighted by molar-refractivity contribution is -0.116. The van der Waals surface area contributed by atoms with Crippen LogP contribution in [0.5, 0.6) is 0 Å². The van der Waals surface area contributed by atoms with Gasteiger partial charge in [-0.2, -0.15) is 4.98 Å². The third-order valence-corrected chi connectivity index (χ3v) is 3.49. The number of fused-ring (bicyclic) bond motifs is 1. The van der Waals surface area contributed by atoms with Gasteiger partial charge >= 0.3 is 0 Å². The fourth-order valence-electron chi connectivity index (χ4n) is 2.37. The van der Waals surface area contributed by atoms with Crippen molar-refractivity contribution in [2.75, 3.05) is 11.1 Å². The van der Waals surface area contributed by atoms with Crippen molar-refractivity contribution in [3.63, 3.8) is 0 Å². The highest BCUT2D eigenvalue weighted by Gasteiger charge is 2.30. The van der Waals surface area contributed by atoms with Crippen molar-refractivity contribution < 1.29 is 4.79 Å². The molecule has 0 spiro atoms. The molecule has 1 atom stereocenters. The molecule has 0 unspecified atom stereocenters. The van der Waals surface area contributed by atoms with Crippen molar-refractivity contribution in [3.8, 4) is 0 Å². The molecule has 1 aliphatic rings. The van der Waals surface area contributed by atoms with E-state index in [0.717, 1.165) is 5.56 Å². The monoisotopic (exact) mass is 290 g/mol. The first-order valence-electron chi connectivity index (χ1n) is 5.99. The minimum absolute atomic E-state index is 0.0224. The van der Waals surface area contributed by atoms with Gasteiger partial charge in [-0.05, 0) is 17.7 Å². The maximum atomic E-state index is 12.1. The van der Waals surface area contributed by atoms with Gasteiger partial charge in [0.2, 0.25) is 11.9 Å². The Bertz CT molecular complexity index is 739. The Morgan fingerprint density at radius 1 is 1.25 bits per heavy atom. The molecule has 2 heterocycles. The molecule has 0 saturated heterocycles. The van der Waals surface area contributed by atoms with Gasteiger partial charge in [-0.1, -0.05) is 23.7 Å². The smallest absolute Gasteiger partial charge is 0.258 e. The number of nitrogens with two attached hydrogens (primary N) is 1. The van der Waals surface area contributed by atoms with Gasteiger partial charge in [0, 0.05) is 17.4 Å². The second-order valence-electron chi connectivity index (χ2n) is 4.57. The lowest BCUT2D eigenvalue weighted by atomic mass is 9.87. The fourth-order valence-corrected chi connectivity index (χ4v) is 2.49. The van der Waals surface area contributed by atoms with Crippen molar-refractivity contribution in [1.82, 2.24) is 9.97 Å². The van der Waals surface area contributed by atoms with E-state index in [4.69, 9.17) is 17.3 Å². The molecule has 3 rings (SSSR count). The van der Waals surface area contributed by atoms with Crippen LogP contribution in [0.3, 0.4) is 0 Å². The number of nitrogen functional groups attached to an aromatic ring is 1. The summed E-state index contributed by atoms with van der Waals surface area (Å²) < 4.78 is 0. The molecule has 0 fully saturated rings. The maximum Gasteiger partial charge on any atom is 0.258 e. The van der Waals surface area contributed by atoms with E-state index in [9.17, 15) is 9.59 Å². The molecular weight excluding hydrogens is 280 g/mol. The SMILES string of the molecule is Nc1nc2c(c(=O)[nH]1)[C@H](c1ccc(Cl)cc1)CC(=O)N2. The van der Waals surface area contributed by atoms with E-state index in [1.807, 2.05) is 0 Å². The maximum absolute atomic E-state index is 12.1.